The molecule has 0 saturated carbocycles. The summed E-state index contributed by atoms with van der Waals surface area (Å²) in [5.41, 5.74) is 0.203. The van der Waals surface area contributed by atoms with Crippen LogP contribution in [0.4, 0.5) is 5.82 Å². The highest BCUT2D eigenvalue weighted by atomic mass is 16.5. The van der Waals surface area contributed by atoms with Crippen molar-refractivity contribution >= 4 is 11.8 Å². The number of rotatable bonds is 6. The Balaban J connectivity index is 2.57. The third-order valence-electron chi connectivity index (χ3n) is 2.20. The minimum atomic E-state index is -0.485. The van der Waals surface area contributed by atoms with E-state index in [1.54, 1.807) is 0 Å². The molecule has 1 heterocycles. The van der Waals surface area contributed by atoms with Crippen molar-refractivity contribution in [2.75, 3.05) is 38.8 Å². The number of carbonyl (C=O) groups excluding carboxylic acids is 1. The van der Waals surface area contributed by atoms with Crippen LogP contribution in [0.25, 0.3) is 0 Å². The molecule has 0 fully saturated rings. The van der Waals surface area contributed by atoms with Crippen LogP contribution in [0.2, 0.25) is 0 Å². The lowest BCUT2D eigenvalue weighted by molar-refractivity contribution is 0.0593. The highest BCUT2D eigenvalue weighted by Crippen LogP contribution is 2.06. The average molecular weight is 239 g/mol. The van der Waals surface area contributed by atoms with E-state index >= 15 is 0 Å². The molecule has 0 unspecified atom stereocenters. The Morgan fingerprint density at radius 2 is 2.18 bits per heavy atom. The van der Waals surface area contributed by atoms with Crippen molar-refractivity contribution < 1.29 is 14.3 Å². The van der Waals surface area contributed by atoms with Gasteiger partial charge in [0.05, 0.1) is 26.1 Å². The number of hydrogen-bond donors (Lipinski definition) is 0. The zero-order valence-electron chi connectivity index (χ0n) is 10.3. The molecule has 0 amide bonds. The van der Waals surface area contributed by atoms with Crippen LogP contribution in [-0.2, 0) is 9.47 Å². The Hall–Kier alpha value is -1.69. The standard InChI is InChI=1S/C11H17N3O3/c1-4-17-6-5-14(2)10-8-12-9(7-13-10)11(15)16-3/h7-8H,4-6H2,1-3H3. The highest BCUT2D eigenvalue weighted by Gasteiger charge is 2.09. The number of hydrogen-bond acceptors (Lipinski definition) is 6. The Morgan fingerprint density at radius 1 is 1.41 bits per heavy atom. The SMILES string of the molecule is CCOCCN(C)c1cnc(C(=O)OC)cn1. The van der Waals surface area contributed by atoms with Gasteiger partial charge in [-0.05, 0) is 6.92 Å². The van der Waals surface area contributed by atoms with Crippen LogP contribution in [-0.4, -0.2) is 49.9 Å². The van der Waals surface area contributed by atoms with Gasteiger partial charge in [0.15, 0.2) is 5.69 Å². The van der Waals surface area contributed by atoms with Gasteiger partial charge < -0.3 is 14.4 Å². The minimum Gasteiger partial charge on any atom is -0.464 e. The maximum Gasteiger partial charge on any atom is 0.358 e. The number of ether oxygens (including phenoxy) is 2. The van der Waals surface area contributed by atoms with Crippen molar-refractivity contribution in [1.82, 2.24) is 9.97 Å². The molecule has 0 atom stereocenters. The molecular formula is C11H17N3O3. The van der Waals surface area contributed by atoms with E-state index in [9.17, 15) is 4.79 Å². The second-order valence-corrected chi connectivity index (χ2v) is 3.37. The quantitative estimate of drug-likeness (QED) is 0.539. The summed E-state index contributed by atoms with van der Waals surface area (Å²) in [6, 6.07) is 0. The number of aromatic nitrogens is 2. The van der Waals surface area contributed by atoms with Crippen molar-refractivity contribution in [3.05, 3.63) is 18.1 Å². The van der Waals surface area contributed by atoms with Crippen molar-refractivity contribution in [3.8, 4) is 0 Å². The Labute approximate surface area is 101 Å². The second-order valence-electron chi connectivity index (χ2n) is 3.37. The molecule has 0 radical (unpaired) electrons. The smallest absolute Gasteiger partial charge is 0.358 e. The van der Waals surface area contributed by atoms with Crippen LogP contribution < -0.4 is 4.90 Å². The fraction of sp³-hybridized carbons (Fsp3) is 0.545. The molecule has 6 nitrogen and oxygen atoms in total. The summed E-state index contributed by atoms with van der Waals surface area (Å²) in [6.07, 6.45) is 2.94. The van der Waals surface area contributed by atoms with Gasteiger partial charge in [0.1, 0.15) is 5.82 Å². The van der Waals surface area contributed by atoms with E-state index in [1.807, 2.05) is 18.9 Å². The van der Waals surface area contributed by atoms with Crippen LogP contribution >= 0.6 is 0 Å². The molecule has 0 spiro atoms. The van der Waals surface area contributed by atoms with Crippen LogP contribution in [0.3, 0.4) is 0 Å². The summed E-state index contributed by atoms with van der Waals surface area (Å²) in [4.78, 5) is 21.2. The summed E-state index contributed by atoms with van der Waals surface area (Å²) in [5, 5.41) is 0. The zero-order valence-corrected chi connectivity index (χ0v) is 10.3. The Kier molecular flexibility index (Phi) is 5.35. The predicted molar refractivity (Wildman–Crippen MR) is 63.1 cm³/mol. The van der Waals surface area contributed by atoms with Crippen LogP contribution in [0.5, 0.6) is 0 Å². The number of nitrogens with zero attached hydrogens (tertiary/aromatic N) is 3. The molecule has 0 aromatic carbocycles. The number of methoxy groups -OCH3 is 1. The molecule has 0 saturated heterocycles. The lowest BCUT2D eigenvalue weighted by Crippen LogP contribution is -2.24. The van der Waals surface area contributed by atoms with Gasteiger partial charge in [-0.1, -0.05) is 0 Å². The molecule has 1 rings (SSSR count). The van der Waals surface area contributed by atoms with Crippen molar-refractivity contribution in [2.24, 2.45) is 0 Å². The largest absolute Gasteiger partial charge is 0.464 e. The Bertz CT molecular complexity index is 353. The van der Waals surface area contributed by atoms with E-state index in [4.69, 9.17) is 4.74 Å². The van der Waals surface area contributed by atoms with Crippen molar-refractivity contribution in [1.29, 1.82) is 0 Å². The number of esters is 1. The summed E-state index contributed by atoms with van der Waals surface area (Å²) < 4.78 is 9.78. The maximum absolute atomic E-state index is 11.1. The molecular weight excluding hydrogens is 222 g/mol. The average Bonchev–Trinajstić information content (AvgIpc) is 2.38. The zero-order chi connectivity index (χ0) is 12.7. The van der Waals surface area contributed by atoms with Gasteiger partial charge in [-0.3, -0.25) is 0 Å². The van der Waals surface area contributed by atoms with Gasteiger partial charge in [0.25, 0.3) is 0 Å². The third-order valence-corrected chi connectivity index (χ3v) is 2.20. The lowest BCUT2D eigenvalue weighted by atomic mass is 10.4. The van der Waals surface area contributed by atoms with Crippen molar-refractivity contribution in [3.63, 3.8) is 0 Å². The van der Waals surface area contributed by atoms with E-state index < -0.39 is 5.97 Å². The molecule has 0 bridgehead atoms. The van der Waals surface area contributed by atoms with E-state index in [-0.39, 0.29) is 5.69 Å². The van der Waals surface area contributed by atoms with Gasteiger partial charge in [-0.25, -0.2) is 14.8 Å². The summed E-state index contributed by atoms with van der Waals surface area (Å²) in [5.74, 6) is 0.207. The fourth-order valence-electron chi connectivity index (χ4n) is 1.19. The molecule has 1 aromatic rings. The Morgan fingerprint density at radius 3 is 2.71 bits per heavy atom. The first-order valence-corrected chi connectivity index (χ1v) is 5.38. The number of carbonyl (C=O) groups is 1. The van der Waals surface area contributed by atoms with E-state index in [1.165, 1.54) is 19.5 Å². The monoisotopic (exact) mass is 239 g/mol. The van der Waals surface area contributed by atoms with Gasteiger partial charge in [-0.15, -0.1) is 0 Å². The van der Waals surface area contributed by atoms with Crippen molar-refractivity contribution in [2.45, 2.75) is 6.92 Å². The van der Waals surface area contributed by atoms with Crippen LogP contribution in [0.1, 0.15) is 17.4 Å². The molecule has 17 heavy (non-hydrogen) atoms. The highest BCUT2D eigenvalue weighted by molar-refractivity contribution is 5.86. The number of anilines is 1. The minimum absolute atomic E-state index is 0.203. The van der Waals surface area contributed by atoms with E-state index in [2.05, 4.69) is 14.7 Å². The fourth-order valence-corrected chi connectivity index (χ4v) is 1.19. The maximum atomic E-state index is 11.1. The van der Waals surface area contributed by atoms with Gasteiger partial charge in [-0.2, -0.15) is 0 Å². The molecule has 6 heteroatoms. The molecule has 0 aliphatic rings. The van der Waals surface area contributed by atoms with Crippen LogP contribution in [0.15, 0.2) is 12.4 Å². The first-order valence-electron chi connectivity index (χ1n) is 5.38. The normalized spacial score (nSPS) is 10.1. The van der Waals surface area contributed by atoms with Gasteiger partial charge in [0.2, 0.25) is 0 Å². The first-order chi connectivity index (χ1) is 8.19. The third kappa shape index (κ3) is 3.99. The lowest BCUT2D eigenvalue weighted by Gasteiger charge is -2.17. The van der Waals surface area contributed by atoms with E-state index in [0.29, 0.717) is 19.0 Å². The van der Waals surface area contributed by atoms with Gasteiger partial charge in [0, 0.05) is 20.2 Å². The van der Waals surface area contributed by atoms with Crippen LogP contribution in [0, 0.1) is 0 Å². The molecule has 1 aromatic heterocycles. The molecule has 0 aliphatic carbocycles. The summed E-state index contributed by atoms with van der Waals surface area (Å²) in [6.45, 7) is 4.00. The summed E-state index contributed by atoms with van der Waals surface area (Å²) >= 11 is 0. The summed E-state index contributed by atoms with van der Waals surface area (Å²) in [7, 11) is 3.20. The molecule has 0 N–H and O–H groups in total. The number of likely N-dealkylation sites (N-methyl/N-ethyl adjacent to an activating group) is 1. The van der Waals surface area contributed by atoms with Gasteiger partial charge >= 0.3 is 5.97 Å². The first kappa shape index (κ1) is 13.4. The molecule has 94 valence electrons. The predicted octanol–water partition coefficient (Wildman–Crippen LogP) is 0.736. The molecule has 0 aliphatic heterocycles. The second kappa shape index (κ2) is 6.80. The topological polar surface area (TPSA) is 64.5 Å². The van der Waals surface area contributed by atoms with E-state index in [0.717, 1.165) is 6.54 Å².